The molecule has 2 rings (SSSR count). The van der Waals surface area contributed by atoms with E-state index >= 15 is 0 Å². The van der Waals surface area contributed by atoms with Crippen molar-refractivity contribution in [3.05, 3.63) is 29.8 Å². The monoisotopic (exact) mass is 279 g/mol. The smallest absolute Gasteiger partial charge is 0.124 e. The van der Waals surface area contributed by atoms with E-state index in [1.807, 2.05) is 30.5 Å². The van der Waals surface area contributed by atoms with Crippen LogP contribution < -0.4 is 4.74 Å². The molecular formula is C15H21NO2S. The van der Waals surface area contributed by atoms with E-state index in [2.05, 4.69) is 25.2 Å². The van der Waals surface area contributed by atoms with Crippen LogP contribution >= 0.6 is 11.9 Å². The molecule has 1 fully saturated rings. The maximum absolute atomic E-state index is 5.87. The molecule has 0 radical (unpaired) electrons. The molecule has 1 saturated heterocycles. The van der Waals surface area contributed by atoms with Gasteiger partial charge in [-0.15, -0.1) is 0 Å². The molecule has 1 aliphatic heterocycles. The number of benzene rings is 1. The topological polar surface area (TPSA) is 30.8 Å². The highest BCUT2D eigenvalue weighted by molar-refractivity contribution is 7.99. The zero-order valence-electron chi connectivity index (χ0n) is 11.8. The van der Waals surface area contributed by atoms with Crippen LogP contribution in [0.3, 0.4) is 0 Å². The summed E-state index contributed by atoms with van der Waals surface area (Å²) in [4.78, 5) is 0. The van der Waals surface area contributed by atoms with E-state index in [-0.39, 0.29) is 10.9 Å². The van der Waals surface area contributed by atoms with Gasteiger partial charge in [0.1, 0.15) is 11.9 Å². The lowest BCUT2D eigenvalue weighted by atomic mass is 10.2. The Labute approximate surface area is 119 Å². The van der Waals surface area contributed by atoms with Gasteiger partial charge in [-0.2, -0.15) is 0 Å². The number of rotatable bonds is 4. The largest absolute Gasteiger partial charge is 0.488 e. The highest BCUT2D eigenvalue weighted by atomic mass is 32.2. The van der Waals surface area contributed by atoms with Crippen molar-refractivity contribution in [3.8, 4) is 5.75 Å². The highest BCUT2D eigenvalue weighted by Gasteiger charge is 2.17. The van der Waals surface area contributed by atoms with Crippen molar-refractivity contribution in [3.63, 3.8) is 0 Å². The van der Waals surface area contributed by atoms with Crippen LogP contribution in [0.25, 0.3) is 0 Å². The van der Waals surface area contributed by atoms with Crippen molar-refractivity contribution >= 4 is 18.2 Å². The average Bonchev–Trinajstić information content (AvgIpc) is 2.80. The van der Waals surface area contributed by atoms with Crippen molar-refractivity contribution in [1.29, 1.82) is 0 Å². The van der Waals surface area contributed by atoms with Crippen LogP contribution in [-0.2, 0) is 4.74 Å². The molecule has 0 unspecified atom stereocenters. The van der Waals surface area contributed by atoms with E-state index in [4.69, 9.17) is 9.47 Å². The van der Waals surface area contributed by atoms with Gasteiger partial charge in [-0.25, -0.2) is 4.40 Å². The molecule has 0 amide bonds. The molecule has 0 N–H and O–H groups in total. The van der Waals surface area contributed by atoms with Crippen LogP contribution in [0.1, 0.15) is 32.8 Å². The van der Waals surface area contributed by atoms with Crippen molar-refractivity contribution in [1.82, 2.24) is 0 Å². The minimum absolute atomic E-state index is 0.145. The van der Waals surface area contributed by atoms with E-state index in [9.17, 15) is 0 Å². The Hall–Kier alpha value is -1.00. The molecule has 4 heteroatoms. The summed E-state index contributed by atoms with van der Waals surface area (Å²) in [6, 6.07) is 8.02. The Morgan fingerprint density at radius 1 is 1.42 bits per heavy atom. The van der Waals surface area contributed by atoms with Gasteiger partial charge >= 0.3 is 0 Å². The number of hydrogen-bond donors (Lipinski definition) is 0. The predicted molar refractivity (Wildman–Crippen MR) is 81.2 cm³/mol. The minimum Gasteiger partial charge on any atom is -0.488 e. The van der Waals surface area contributed by atoms with Crippen LogP contribution in [0.4, 0.5) is 0 Å². The lowest BCUT2D eigenvalue weighted by molar-refractivity contribution is 0.141. The quantitative estimate of drug-likeness (QED) is 0.621. The molecule has 0 aliphatic carbocycles. The molecule has 1 aromatic rings. The van der Waals surface area contributed by atoms with Crippen LogP contribution in [0.2, 0.25) is 0 Å². The van der Waals surface area contributed by atoms with Crippen LogP contribution in [0, 0.1) is 0 Å². The summed E-state index contributed by atoms with van der Waals surface area (Å²) in [6.07, 6.45) is 3.04. The average molecular weight is 279 g/mol. The predicted octanol–water partition coefficient (Wildman–Crippen LogP) is 3.72. The van der Waals surface area contributed by atoms with Crippen molar-refractivity contribution in [2.75, 3.05) is 13.2 Å². The van der Waals surface area contributed by atoms with Crippen LogP contribution in [0.15, 0.2) is 28.7 Å². The standard InChI is InChI=1S/C15H21NO2S/c1-15(2,3)19-16-10-12-5-4-6-13(9-12)18-14-7-8-17-11-14/h4-6,9-10,14H,7-8,11H2,1-3H3/t14-/m1/s1. The molecule has 1 heterocycles. The first-order chi connectivity index (χ1) is 9.03. The zero-order chi connectivity index (χ0) is 13.7. The van der Waals surface area contributed by atoms with Gasteiger partial charge in [-0.05, 0) is 50.4 Å². The lowest BCUT2D eigenvalue weighted by Crippen LogP contribution is -2.15. The first-order valence-corrected chi connectivity index (χ1v) is 7.36. The van der Waals surface area contributed by atoms with E-state index in [0.717, 1.165) is 24.3 Å². The second kappa shape index (κ2) is 6.44. The second-order valence-electron chi connectivity index (χ2n) is 5.61. The molecule has 1 aromatic carbocycles. The molecule has 3 nitrogen and oxygen atoms in total. The summed E-state index contributed by atoms with van der Waals surface area (Å²) in [5.74, 6) is 0.889. The van der Waals surface area contributed by atoms with Crippen molar-refractivity contribution < 1.29 is 9.47 Å². The first kappa shape index (κ1) is 14.4. The van der Waals surface area contributed by atoms with Gasteiger partial charge in [0.05, 0.1) is 13.2 Å². The Balaban J connectivity index is 1.94. The lowest BCUT2D eigenvalue weighted by Gasteiger charge is -2.13. The number of hydrogen-bond acceptors (Lipinski definition) is 4. The summed E-state index contributed by atoms with van der Waals surface area (Å²) in [6.45, 7) is 7.93. The number of ether oxygens (including phenoxy) is 2. The van der Waals surface area contributed by atoms with Gasteiger partial charge in [0.25, 0.3) is 0 Å². The van der Waals surface area contributed by atoms with Crippen molar-refractivity contribution in [2.24, 2.45) is 4.40 Å². The summed E-state index contributed by atoms with van der Waals surface area (Å²) in [5, 5.41) is 0. The molecule has 19 heavy (non-hydrogen) atoms. The van der Waals surface area contributed by atoms with Gasteiger partial charge in [0.15, 0.2) is 0 Å². The Bertz CT molecular complexity index is 434. The minimum atomic E-state index is 0.145. The summed E-state index contributed by atoms with van der Waals surface area (Å²) in [7, 11) is 0. The summed E-state index contributed by atoms with van der Waals surface area (Å²) < 4.78 is 15.7. The molecule has 0 saturated carbocycles. The fourth-order valence-corrected chi connectivity index (χ4v) is 2.20. The van der Waals surface area contributed by atoms with Crippen molar-refractivity contribution in [2.45, 2.75) is 38.0 Å². The Morgan fingerprint density at radius 3 is 2.95 bits per heavy atom. The molecule has 0 bridgehead atoms. The van der Waals surface area contributed by atoms with Crippen LogP contribution in [0.5, 0.6) is 5.75 Å². The van der Waals surface area contributed by atoms with E-state index in [0.29, 0.717) is 6.61 Å². The third kappa shape index (κ3) is 5.25. The normalized spacial score (nSPS) is 20.1. The first-order valence-electron chi connectivity index (χ1n) is 6.59. The molecule has 0 spiro atoms. The fraction of sp³-hybridized carbons (Fsp3) is 0.533. The Morgan fingerprint density at radius 2 is 2.26 bits per heavy atom. The SMILES string of the molecule is CC(C)(C)SN=Cc1cccc(O[C@@H]2CCOC2)c1. The highest BCUT2D eigenvalue weighted by Crippen LogP contribution is 2.24. The molecular weight excluding hydrogens is 258 g/mol. The van der Waals surface area contributed by atoms with Gasteiger partial charge in [0, 0.05) is 17.4 Å². The molecule has 1 aliphatic rings. The second-order valence-corrected chi connectivity index (χ2v) is 7.23. The fourth-order valence-electron chi connectivity index (χ4n) is 1.71. The van der Waals surface area contributed by atoms with Gasteiger partial charge in [-0.1, -0.05) is 12.1 Å². The Kier molecular flexibility index (Phi) is 4.88. The maximum Gasteiger partial charge on any atom is 0.124 e. The third-order valence-corrected chi connectivity index (χ3v) is 3.34. The van der Waals surface area contributed by atoms with E-state index in [1.54, 1.807) is 11.9 Å². The van der Waals surface area contributed by atoms with E-state index in [1.165, 1.54) is 0 Å². The molecule has 1 atom stereocenters. The third-order valence-electron chi connectivity index (χ3n) is 2.58. The van der Waals surface area contributed by atoms with E-state index < -0.39 is 0 Å². The van der Waals surface area contributed by atoms with Gasteiger partial charge in [0.2, 0.25) is 0 Å². The zero-order valence-corrected chi connectivity index (χ0v) is 12.6. The molecule has 104 valence electrons. The maximum atomic E-state index is 5.87. The van der Waals surface area contributed by atoms with Gasteiger partial charge < -0.3 is 9.47 Å². The van der Waals surface area contributed by atoms with Crippen LogP contribution in [-0.4, -0.2) is 30.3 Å². The summed E-state index contributed by atoms with van der Waals surface area (Å²) >= 11 is 1.58. The summed E-state index contributed by atoms with van der Waals surface area (Å²) in [5.41, 5.74) is 1.06. The van der Waals surface area contributed by atoms with Gasteiger partial charge in [-0.3, -0.25) is 0 Å². The number of nitrogens with zero attached hydrogens (tertiary/aromatic N) is 1. The molecule has 0 aromatic heterocycles.